The average Bonchev–Trinajstić information content (AvgIpc) is 2.43. The maximum absolute atomic E-state index is 6.15. The summed E-state index contributed by atoms with van der Waals surface area (Å²) < 4.78 is 0. The second-order valence-electron chi connectivity index (χ2n) is 4.26. The molecule has 0 aliphatic rings. The number of nitrogens with two attached hydrogens (primary N) is 1. The number of hydrogen-bond donors (Lipinski definition) is 1. The number of rotatable bonds is 4. The first-order valence-corrected chi connectivity index (χ1v) is 7.66. The molecule has 2 aromatic rings. The van der Waals surface area contributed by atoms with Crippen LogP contribution in [0.3, 0.4) is 0 Å². The fraction of sp³-hybridized carbons (Fsp3) is 0.200. The predicted octanol–water partition coefficient (Wildman–Crippen LogP) is 5.55. The van der Waals surface area contributed by atoms with Crippen LogP contribution in [0.25, 0.3) is 0 Å². The summed E-state index contributed by atoms with van der Waals surface area (Å²) in [5.74, 6) is 0. The van der Waals surface area contributed by atoms with Crippen molar-refractivity contribution in [1.29, 1.82) is 0 Å². The van der Waals surface area contributed by atoms with Gasteiger partial charge in [-0.2, -0.15) is 0 Å². The predicted molar refractivity (Wildman–Crippen MR) is 84.2 cm³/mol. The van der Waals surface area contributed by atoms with Crippen LogP contribution in [0, 0.1) is 0 Å². The Bertz CT molecular complexity index is 555. The van der Waals surface area contributed by atoms with E-state index in [9.17, 15) is 0 Å². The molecule has 0 aliphatic carbocycles. The Balaban J connectivity index is 2.17. The second-order valence-corrected chi connectivity index (χ2v) is 6.22. The fourth-order valence-corrected chi connectivity index (χ4v) is 3.05. The molecule has 0 saturated heterocycles. The van der Waals surface area contributed by atoms with Crippen LogP contribution in [-0.2, 0) is 0 Å². The molecule has 0 heterocycles. The number of halogens is 2. The zero-order chi connectivity index (χ0) is 13.8. The van der Waals surface area contributed by atoms with Gasteiger partial charge >= 0.3 is 0 Å². The molecule has 0 aromatic heterocycles. The van der Waals surface area contributed by atoms with Crippen LogP contribution in [-0.4, -0.2) is 0 Å². The van der Waals surface area contributed by atoms with Gasteiger partial charge in [-0.05, 0) is 42.3 Å². The van der Waals surface area contributed by atoms with Crippen molar-refractivity contribution in [1.82, 2.24) is 0 Å². The lowest BCUT2D eigenvalue weighted by atomic mass is 10.1. The Morgan fingerprint density at radius 3 is 2.42 bits per heavy atom. The van der Waals surface area contributed by atoms with Gasteiger partial charge in [-0.25, -0.2) is 0 Å². The Hall–Kier alpha value is -0.670. The van der Waals surface area contributed by atoms with E-state index in [4.69, 9.17) is 28.9 Å². The van der Waals surface area contributed by atoms with E-state index in [1.165, 1.54) is 0 Å². The summed E-state index contributed by atoms with van der Waals surface area (Å²) in [6.45, 7) is 2.08. The highest BCUT2D eigenvalue weighted by atomic mass is 35.5. The van der Waals surface area contributed by atoms with E-state index in [-0.39, 0.29) is 6.04 Å². The molecule has 4 heteroatoms. The largest absolute Gasteiger partial charge is 0.324 e. The van der Waals surface area contributed by atoms with Crippen LogP contribution in [0.5, 0.6) is 0 Å². The van der Waals surface area contributed by atoms with Crippen LogP contribution in [0.15, 0.2) is 52.3 Å². The molecule has 0 fully saturated rings. The molecular formula is C15H15Cl2NS. The molecule has 0 bridgehead atoms. The van der Waals surface area contributed by atoms with Crippen LogP contribution < -0.4 is 5.73 Å². The van der Waals surface area contributed by atoms with Crippen molar-refractivity contribution in [2.24, 2.45) is 5.73 Å². The van der Waals surface area contributed by atoms with E-state index in [1.54, 1.807) is 17.8 Å². The van der Waals surface area contributed by atoms with Gasteiger partial charge in [0, 0.05) is 20.9 Å². The maximum atomic E-state index is 6.15. The molecule has 0 amide bonds. The minimum absolute atomic E-state index is 0.105. The summed E-state index contributed by atoms with van der Waals surface area (Å²) in [4.78, 5) is 2.08. The van der Waals surface area contributed by atoms with Crippen molar-refractivity contribution in [3.05, 3.63) is 58.1 Å². The van der Waals surface area contributed by atoms with E-state index in [2.05, 4.69) is 31.2 Å². The third-order valence-corrected chi connectivity index (χ3v) is 4.61. The van der Waals surface area contributed by atoms with Gasteiger partial charge in [-0.3, -0.25) is 0 Å². The first-order chi connectivity index (χ1) is 9.10. The van der Waals surface area contributed by atoms with Crippen molar-refractivity contribution >= 4 is 35.0 Å². The standard InChI is InChI=1S/C15H15Cl2NS/c1-2-14(18)10-3-6-12(7-4-10)19-15-9-11(16)5-8-13(15)17/h3-9,14H,2,18H2,1H3/t14-/m0/s1. The molecule has 1 atom stereocenters. The number of benzene rings is 2. The summed E-state index contributed by atoms with van der Waals surface area (Å²) in [5, 5.41) is 1.40. The fourth-order valence-electron chi connectivity index (χ4n) is 1.70. The maximum Gasteiger partial charge on any atom is 0.0546 e. The van der Waals surface area contributed by atoms with Gasteiger partial charge in [0.15, 0.2) is 0 Å². The van der Waals surface area contributed by atoms with Crippen LogP contribution in [0.1, 0.15) is 24.9 Å². The van der Waals surface area contributed by atoms with Gasteiger partial charge in [0.1, 0.15) is 0 Å². The third kappa shape index (κ3) is 3.90. The Morgan fingerprint density at radius 2 is 1.79 bits per heavy atom. The smallest absolute Gasteiger partial charge is 0.0546 e. The SMILES string of the molecule is CC[C@H](N)c1ccc(Sc2cc(Cl)ccc2Cl)cc1. The van der Waals surface area contributed by atoms with Crippen molar-refractivity contribution in [3.8, 4) is 0 Å². The first kappa shape index (κ1) is 14.7. The zero-order valence-electron chi connectivity index (χ0n) is 10.6. The highest BCUT2D eigenvalue weighted by Crippen LogP contribution is 2.35. The summed E-state index contributed by atoms with van der Waals surface area (Å²) in [6.07, 6.45) is 0.937. The molecule has 0 unspecified atom stereocenters. The summed E-state index contributed by atoms with van der Waals surface area (Å²) in [5.41, 5.74) is 7.15. The van der Waals surface area contributed by atoms with Crippen molar-refractivity contribution < 1.29 is 0 Å². The molecule has 100 valence electrons. The molecule has 2 rings (SSSR count). The molecule has 19 heavy (non-hydrogen) atoms. The van der Waals surface area contributed by atoms with Crippen LogP contribution in [0.4, 0.5) is 0 Å². The zero-order valence-corrected chi connectivity index (χ0v) is 12.9. The van der Waals surface area contributed by atoms with Crippen molar-refractivity contribution in [3.63, 3.8) is 0 Å². The normalized spacial score (nSPS) is 12.4. The lowest BCUT2D eigenvalue weighted by Gasteiger charge is -2.10. The van der Waals surface area contributed by atoms with Gasteiger partial charge in [-0.15, -0.1) is 0 Å². The second kappa shape index (κ2) is 6.67. The molecule has 1 nitrogen and oxygen atoms in total. The summed E-state index contributed by atoms with van der Waals surface area (Å²) in [6, 6.07) is 13.8. The highest BCUT2D eigenvalue weighted by molar-refractivity contribution is 7.99. The molecular weight excluding hydrogens is 297 g/mol. The van der Waals surface area contributed by atoms with E-state index in [0.717, 1.165) is 21.8 Å². The van der Waals surface area contributed by atoms with E-state index in [0.29, 0.717) is 10.0 Å². The van der Waals surface area contributed by atoms with Gasteiger partial charge in [0.25, 0.3) is 0 Å². The average molecular weight is 312 g/mol. The van der Waals surface area contributed by atoms with Crippen molar-refractivity contribution in [2.45, 2.75) is 29.2 Å². The van der Waals surface area contributed by atoms with Crippen LogP contribution >= 0.6 is 35.0 Å². The molecule has 2 aromatic carbocycles. The van der Waals surface area contributed by atoms with Gasteiger partial charge < -0.3 is 5.73 Å². The highest BCUT2D eigenvalue weighted by Gasteiger charge is 2.06. The Morgan fingerprint density at radius 1 is 1.11 bits per heavy atom. The first-order valence-electron chi connectivity index (χ1n) is 6.08. The van der Waals surface area contributed by atoms with Gasteiger partial charge in [0.2, 0.25) is 0 Å². The van der Waals surface area contributed by atoms with Crippen molar-refractivity contribution in [2.75, 3.05) is 0 Å². The Labute approximate surface area is 128 Å². The van der Waals surface area contributed by atoms with E-state index >= 15 is 0 Å². The molecule has 0 spiro atoms. The van der Waals surface area contributed by atoms with Gasteiger partial charge in [0.05, 0.1) is 5.02 Å². The Kier molecular flexibility index (Phi) is 5.17. The minimum atomic E-state index is 0.105. The minimum Gasteiger partial charge on any atom is -0.324 e. The van der Waals surface area contributed by atoms with Crippen LogP contribution in [0.2, 0.25) is 10.0 Å². The van der Waals surface area contributed by atoms with E-state index < -0.39 is 0 Å². The molecule has 2 N–H and O–H groups in total. The summed E-state index contributed by atoms with van der Waals surface area (Å²) in [7, 11) is 0. The van der Waals surface area contributed by atoms with Gasteiger partial charge in [-0.1, -0.05) is 54.0 Å². The lowest BCUT2D eigenvalue weighted by Crippen LogP contribution is -2.07. The lowest BCUT2D eigenvalue weighted by molar-refractivity contribution is 0.698. The molecule has 0 saturated carbocycles. The molecule has 0 aliphatic heterocycles. The topological polar surface area (TPSA) is 26.0 Å². The quantitative estimate of drug-likeness (QED) is 0.800. The third-order valence-electron chi connectivity index (χ3n) is 2.87. The monoisotopic (exact) mass is 311 g/mol. The summed E-state index contributed by atoms with van der Waals surface area (Å²) >= 11 is 13.7. The number of hydrogen-bond acceptors (Lipinski definition) is 2. The molecule has 0 radical (unpaired) electrons. The van der Waals surface area contributed by atoms with E-state index in [1.807, 2.05) is 12.1 Å².